The summed E-state index contributed by atoms with van der Waals surface area (Å²) in [7, 11) is 2.00. The summed E-state index contributed by atoms with van der Waals surface area (Å²) in [6.45, 7) is 1.48. The molecule has 0 saturated heterocycles. The van der Waals surface area contributed by atoms with Crippen molar-refractivity contribution in [1.29, 1.82) is 0 Å². The predicted octanol–water partition coefficient (Wildman–Crippen LogP) is 4.74. The second kappa shape index (κ2) is 7.13. The molecule has 3 nitrogen and oxygen atoms in total. The molecule has 1 unspecified atom stereocenters. The molecule has 2 aliphatic rings. The average molecular weight is 407 g/mol. The molecule has 0 saturated carbocycles. The Morgan fingerprint density at radius 3 is 2.64 bits per heavy atom. The van der Waals surface area contributed by atoms with Crippen LogP contribution in [-0.2, 0) is 12.0 Å². The van der Waals surface area contributed by atoms with Gasteiger partial charge >= 0.3 is 6.36 Å². The van der Waals surface area contributed by atoms with Gasteiger partial charge in [0.25, 0.3) is 0 Å². The number of likely N-dealkylation sites (N-methyl/N-ethyl adjacent to an activating group) is 1. The molecule has 0 radical (unpaired) electrons. The second-order valence-corrected chi connectivity index (χ2v) is 8.28. The average Bonchev–Trinajstić information content (AvgIpc) is 2.75. The van der Waals surface area contributed by atoms with E-state index >= 15 is 0 Å². The van der Waals surface area contributed by atoms with Crippen LogP contribution in [0.15, 0.2) is 63.9 Å². The largest absolute Gasteiger partial charge is 0.573 e. The number of halogens is 3. The molecule has 4 rings (SSSR count). The molecule has 0 amide bonds. The minimum Gasteiger partial charge on any atom is -0.406 e. The first kappa shape index (κ1) is 19.4. The standard InChI is InChI=1S/C21H20F3NO2S/c1-25-10-8-15(9-11-25)20(26)13-14-4-2-3-5-18(14)28-19-7-6-16(12-17(19)20)27-21(22,23)24/h2-8,12,26H,9-11,13H2,1H3. The van der Waals surface area contributed by atoms with Crippen molar-refractivity contribution in [2.75, 3.05) is 20.1 Å². The van der Waals surface area contributed by atoms with E-state index in [1.165, 1.54) is 23.9 Å². The van der Waals surface area contributed by atoms with Crippen molar-refractivity contribution in [2.45, 2.75) is 34.6 Å². The van der Waals surface area contributed by atoms with Gasteiger partial charge < -0.3 is 14.7 Å². The van der Waals surface area contributed by atoms with Gasteiger partial charge in [-0.25, -0.2) is 0 Å². The minimum atomic E-state index is -4.78. The van der Waals surface area contributed by atoms with E-state index in [1.54, 1.807) is 6.07 Å². The lowest BCUT2D eigenvalue weighted by Crippen LogP contribution is -2.36. The molecular weight excluding hydrogens is 387 g/mol. The van der Waals surface area contributed by atoms with Crippen molar-refractivity contribution in [3.63, 3.8) is 0 Å². The van der Waals surface area contributed by atoms with Gasteiger partial charge in [0.05, 0.1) is 0 Å². The van der Waals surface area contributed by atoms with E-state index in [4.69, 9.17) is 0 Å². The van der Waals surface area contributed by atoms with Crippen LogP contribution in [0.3, 0.4) is 0 Å². The summed E-state index contributed by atoms with van der Waals surface area (Å²) in [4.78, 5) is 3.87. The van der Waals surface area contributed by atoms with Crippen LogP contribution < -0.4 is 4.74 Å². The summed E-state index contributed by atoms with van der Waals surface area (Å²) in [5.74, 6) is -0.315. The van der Waals surface area contributed by atoms with Crippen LogP contribution in [0.4, 0.5) is 13.2 Å². The Kier molecular flexibility index (Phi) is 4.93. The quantitative estimate of drug-likeness (QED) is 0.729. The van der Waals surface area contributed by atoms with E-state index in [9.17, 15) is 18.3 Å². The van der Waals surface area contributed by atoms with Crippen molar-refractivity contribution >= 4 is 11.8 Å². The summed E-state index contributed by atoms with van der Waals surface area (Å²) in [6, 6.07) is 12.0. The van der Waals surface area contributed by atoms with Crippen LogP contribution in [0.2, 0.25) is 0 Å². The Balaban J connectivity index is 1.85. The third-order valence-corrected chi connectivity index (χ3v) is 6.41. The minimum absolute atomic E-state index is 0.314. The highest BCUT2D eigenvalue weighted by Gasteiger charge is 2.40. The first-order valence-corrected chi connectivity index (χ1v) is 9.83. The maximum absolute atomic E-state index is 12.8. The zero-order chi connectivity index (χ0) is 19.9. The normalized spacial score (nSPS) is 22.7. The van der Waals surface area contributed by atoms with Gasteiger partial charge in [-0.3, -0.25) is 0 Å². The lowest BCUT2D eigenvalue weighted by molar-refractivity contribution is -0.274. The number of ether oxygens (including phenoxy) is 1. The fourth-order valence-electron chi connectivity index (χ4n) is 3.79. The molecule has 2 aromatic carbocycles. The van der Waals surface area contributed by atoms with E-state index in [0.29, 0.717) is 24.9 Å². The highest BCUT2D eigenvalue weighted by atomic mass is 32.2. The Hall–Kier alpha value is -1.96. The van der Waals surface area contributed by atoms with Gasteiger partial charge in [-0.2, -0.15) is 0 Å². The summed E-state index contributed by atoms with van der Waals surface area (Å²) in [6.07, 6.45) is -1.82. The van der Waals surface area contributed by atoms with Crippen molar-refractivity contribution in [1.82, 2.24) is 4.90 Å². The van der Waals surface area contributed by atoms with Gasteiger partial charge in [0.15, 0.2) is 0 Å². The molecule has 1 atom stereocenters. The molecular formula is C21H20F3NO2S. The van der Waals surface area contributed by atoms with Crippen LogP contribution >= 0.6 is 11.8 Å². The lowest BCUT2D eigenvalue weighted by atomic mass is 9.78. The molecule has 0 bridgehead atoms. The van der Waals surface area contributed by atoms with Gasteiger partial charge in [-0.1, -0.05) is 36.0 Å². The Labute approximate surface area is 165 Å². The molecule has 28 heavy (non-hydrogen) atoms. The molecule has 2 aliphatic heterocycles. The number of nitrogens with zero attached hydrogens (tertiary/aromatic N) is 1. The SMILES string of the molecule is CN1CC=C(C2(O)Cc3ccccc3Sc3ccc(OC(F)(F)F)cc32)CC1. The zero-order valence-corrected chi connectivity index (χ0v) is 16.1. The molecule has 7 heteroatoms. The van der Waals surface area contributed by atoms with Crippen LogP contribution in [0.25, 0.3) is 0 Å². The van der Waals surface area contributed by atoms with Crippen LogP contribution in [0.1, 0.15) is 17.5 Å². The number of hydrogen-bond donors (Lipinski definition) is 1. The zero-order valence-electron chi connectivity index (χ0n) is 15.3. The number of hydrogen-bond acceptors (Lipinski definition) is 4. The maximum atomic E-state index is 12.8. The molecule has 1 N–H and O–H groups in total. The van der Waals surface area contributed by atoms with Crippen molar-refractivity contribution in [3.8, 4) is 5.75 Å². The maximum Gasteiger partial charge on any atom is 0.573 e. The first-order chi connectivity index (χ1) is 13.2. The molecule has 0 fully saturated rings. The topological polar surface area (TPSA) is 32.7 Å². The van der Waals surface area contributed by atoms with Crippen molar-refractivity contribution in [2.24, 2.45) is 0 Å². The van der Waals surface area contributed by atoms with Crippen molar-refractivity contribution < 1.29 is 23.0 Å². The van der Waals surface area contributed by atoms with E-state index in [1.807, 2.05) is 37.4 Å². The molecule has 2 heterocycles. The third kappa shape index (κ3) is 3.79. The highest BCUT2D eigenvalue weighted by molar-refractivity contribution is 7.99. The van der Waals surface area contributed by atoms with E-state index < -0.39 is 12.0 Å². The number of alkyl halides is 3. The first-order valence-electron chi connectivity index (χ1n) is 9.01. The van der Waals surface area contributed by atoms with Gasteiger partial charge in [0.2, 0.25) is 0 Å². The Morgan fingerprint density at radius 1 is 1.14 bits per heavy atom. The fraction of sp³-hybridized carbons (Fsp3) is 0.333. The monoisotopic (exact) mass is 407 g/mol. The molecule has 0 aromatic heterocycles. The van der Waals surface area contributed by atoms with Crippen LogP contribution in [0.5, 0.6) is 5.75 Å². The van der Waals surface area contributed by atoms with Crippen LogP contribution in [0, 0.1) is 0 Å². The summed E-state index contributed by atoms with van der Waals surface area (Å²) in [5.41, 5.74) is 0.908. The fourth-order valence-corrected chi connectivity index (χ4v) is 4.92. The summed E-state index contributed by atoms with van der Waals surface area (Å²) in [5, 5.41) is 11.8. The Bertz CT molecular complexity index is 928. The van der Waals surface area contributed by atoms with Gasteiger partial charge in [-0.05, 0) is 48.9 Å². The van der Waals surface area contributed by atoms with Gasteiger partial charge in [-0.15, -0.1) is 13.2 Å². The van der Waals surface area contributed by atoms with Crippen molar-refractivity contribution in [3.05, 3.63) is 65.2 Å². The van der Waals surface area contributed by atoms with E-state index in [0.717, 1.165) is 27.5 Å². The number of aliphatic hydroxyl groups is 1. The number of benzene rings is 2. The summed E-state index contributed by atoms with van der Waals surface area (Å²) >= 11 is 1.46. The molecule has 148 valence electrons. The third-order valence-electron chi connectivity index (χ3n) is 5.21. The smallest absolute Gasteiger partial charge is 0.406 e. The molecule has 0 spiro atoms. The van der Waals surface area contributed by atoms with Gasteiger partial charge in [0, 0.05) is 34.9 Å². The number of rotatable bonds is 2. The molecule has 0 aliphatic carbocycles. The van der Waals surface area contributed by atoms with E-state index in [2.05, 4.69) is 9.64 Å². The van der Waals surface area contributed by atoms with E-state index in [-0.39, 0.29) is 5.75 Å². The lowest BCUT2D eigenvalue weighted by Gasteiger charge is -2.35. The van der Waals surface area contributed by atoms with Gasteiger partial charge in [0.1, 0.15) is 11.4 Å². The summed E-state index contributed by atoms with van der Waals surface area (Å²) < 4.78 is 42.4. The Morgan fingerprint density at radius 2 is 1.93 bits per heavy atom. The highest BCUT2D eigenvalue weighted by Crippen LogP contribution is 2.48. The number of fused-ring (bicyclic) bond motifs is 2. The second-order valence-electron chi connectivity index (χ2n) is 7.19. The molecule has 2 aromatic rings. The predicted molar refractivity (Wildman–Crippen MR) is 101 cm³/mol. The van der Waals surface area contributed by atoms with Crippen LogP contribution in [-0.4, -0.2) is 36.5 Å².